The number of hydrogen-bond acceptors (Lipinski definition) is 5. The van der Waals surface area contributed by atoms with Crippen LogP contribution in [0, 0.1) is 12.7 Å². The number of benzene rings is 3. The number of nitrogens with one attached hydrogen (secondary N) is 1. The Morgan fingerprint density at radius 1 is 0.921 bits per heavy atom. The number of hydrogen-bond donors (Lipinski definition) is 2. The van der Waals surface area contributed by atoms with E-state index < -0.39 is 11.4 Å². The van der Waals surface area contributed by atoms with Gasteiger partial charge in [-0.05, 0) is 66.8 Å². The van der Waals surface area contributed by atoms with Crippen molar-refractivity contribution < 1.29 is 18.8 Å². The van der Waals surface area contributed by atoms with Gasteiger partial charge in [0.25, 0.3) is 0 Å². The molecule has 38 heavy (non-hydrogen) atoms. The van der Waals surface area contributed by atoms with Crippen LogP contribution in [-0.2, 0) is 10.2 Å². The van der Waals surface area contributed by atoms with Gasteiger partial charge < -0.3 is 14.9 Å². The van der Waals surface area contributed by atoms with E-state index in [1.165, 1.54) is 12.1 Å². The summed E-state index contributed by atoms with van der Waals surface area (Å²) in [6.45, 7) is 1.83. The molecule has 0 unspecified atom stereocenters. The van der Waals surface area contributed by atoms with E-state index in [2.05, 4.69) is 15.5 Å². The van der Waals surface area contributed by atoms with Crippen molar-refractivity contribution >= 4 is 17.5 Å². The summed E-state index contributed by atoms with van der Waals surface area (Å²) in [5.41, 5.74) is 5.03. The van der Waals surface area contributed by atoms with Gasteiger partial charge in [0.05, 0.1) is 11.1 Å². The number of carbonyl (C=O) groups is 1. The summed E-state index contributed by atoms with van der Waals surface area (Å²) in [6.07, 6.45) is 1.20. The second-order valence-electron chi connectivity index (χ2n) is 9.53. The van der Waals surface area contributed by atoms with E-state index in [0.717, 1.165) is 22.3 Å². The molecule has 2 heterocycles. The van der Waals surface area contributed by atoms with Crippen LogP contribution in [0.3, 0.4) is 0 Å². The predicted molar refractivity (Wildman–Crippen MR) is 144 cm³/mol. The molecule has 188 valence electrons. The number of carboxylic acid groups (broad SMARTS) is 1. The standard InChI is InChI=1S/C31H24FN3O3/c1-19-28(34-27-12-6-11-26(33-27)21-9-5-10-23(32)17-21)29(38-35-19)25-18-22(31(15-16-31)30(36)37)13-14-24(25)20-7-3-2-4-8-20/h2-14,17-18H,15-16H2,1H3,(H,33,34)(H,36,37). The van der Waals surface area contributed by atoms with Crippen LogP contribution in [0.4, 0.5) is 15.9 Å². The minimum absolute atomic E-state index is 0.331. The lowest BCUT2D eigenvalue weighted by atomic mass is 9.89. The molecule has 1 fully saturated rings. The first-order chi connectivity index (χ1) is 18.4. The first-order valence-corrected chi connectivity index (χ1v) is 12.3. The minimum atomic E-state index is -0.868. The zero-order valence-electron chi connectivity index (χ0n) is 20.6. The largest absolute Gasteiger partial charge is 0.481 e. The smallest absolute Gasteiger partial charge is 0.314 e. The van der Waals surface area contributed by atoms with Crippen molar-refractivity contribution in [1.82, 2.24) is 10.1 Å². The Labute approximate surface area is 218 Å². The third-order valence-electron chi connectivity index (χ3n) is 7.05. The molecule has 6 rings (SSSR count). The lowest BCUT2D eigenvalue weighted by molar-refractivity contribution is -0.140. The van der Waals surface area contributed by atoms with Gasteiger partial charge in [0, 0.05) is 11.1 Å². The van der Waals surface area contributed by atoms with Gasteiger partial charge in [-0.1, -0.05) is 65.8 Å². The Kier molecular flexibility index (Phi) is 5.76. The number of nitrogens with zero attached hydrogens (tertiary/aromatic N) is 2. The van der Waals surface area contributed by atoms with Crippen molar-refractivity contribution in [3.05, 3.63) is 108 Å². The first kappa shape index (κ1) is 23.6. The fourth-order valence-electron chi connectivity index (χ4n) is 4.79. The fourth-order valence-corrected chi connectivity index (χ4v) is 4.79. The van der Waals surface area contributed by atoms with E-state index >= 15 is 0 Å². The zero-order chi connectivity index (χ0) is 26.3. The second kappa shape index (κ2) is 9.27. The minimum Gasteiger partial charge on any atom is -0.481 e. The van der Waals surface area contributed by atoms with Crippen molar-refractivity contribution in [3.63, 3.8) is 0 Å². The lowest BCUT2D eigenvalue weighted by Crippen LogP contribution is -2.19. The molecule has 0 radical (unpaired) electrons. The van der Waals surface area contributed by atoms with Crippen LogP contribution in [0.5, 0.6) is 0 Å². The highest BCUT2D eigenvalue weighted by molar-refractivity contribution is 5.91. The van der Waals surface area contributed by atoms with E-state index in [1.54, 1.807) is 12.1 Å². The molecule has 0 bridgehead atoms. The number of carboxylic acids is 1. The first-order valence-electron chi connectivity index (χ1n) is 12.3. The molecule has 5 aromatic rings. The van der Waals surface area contributed by atoms with E-state index in [4.69, 9.17) is 4.52 Å². The average Bonchev–Trinajstić information content (AvgIpc) is 3.68. The molecule has 1 aliphatic carbocycles. The van der Waals surface area contributed by atoms with Gasteiger partial charge in [-0.2, -0.15) is 0 Å². The molecule has 0 aliphatic heterocycles. The molecule has 6 nitrogen and oxygen atoms in total. The summed E-state index contributed by atoms with van der Waals surface area (Å²) in [4.78, 5) is 16.8. The van der Waals surface area contributed by atoms with Gasteiger partial charge in [-0.25, -0.2) is 9.37 Å². The summed E-state index contributed by atoms with van der Waals surface area (Å²) in [5, 5.41) is 17.5. The second-order valence-corrected chi connectivity index (χ2v) is 9.53. The van der Waals surface area contributed by atoms with Crippen LogP contribution in [0.1, 0.15) is 24.1 Å². The molecule has 2 aromatic heterocycles. The van der Waals surface area contributed by atoms with Gasteiger partial charge in [-0.3, -0.25) is 4.79 Å². The number of aliphatic carboxylic acids is 1. The number of rotatable bonds is 7. The summed E-state index contributed by atoms with van der Waals surface area (Å²) in [5.74, 6) is -0.118. The summed E-state index contributed by atoms with van der Waals surface area (Å²) in [7, 11) is 0. The van der Waals surface area contributed by atoms with Crippen LogP contribution in [-0.4, -0.2) is 21.2 Å². The highest BCUT2D eigenvalue weighted by Gasteiger charge is 2.52. The van der Waals surface area contributed by atoms with Gasteiger partial charge in [0.1, 0.15) is 23.0 Å². The summed E-state index contributed by atoms with van der Waals surface area (Å²) < 4.78 is 19.7. The number of aryl methyl sites for hydroxylation is 1. The van der Waals surface area contributed by atoms with Gasteiger partial charge >= 0.3 is 5.97 Å². The third-order valence-corrected chi connectivity index (χ3v) is 7.05. The Hall–Kier alpha value is -4.78. The quantitative estimate of drug-likeness (QED) is 0.240. The predicted octanol–water partition coefficient (Wildman–Crippen LogP) is 7.38. The van der Waals surface area contributed by atoms with Crippen molar-refractivity contribution in [1.29, 1.82) is 0 Å². The Morgan fingerprint density at radius 3 is 2.42 bits per heavy atom. The van der Waals surface area contributed by atoms with E-state index in [-0.39, 0.29) is 5.82 Å². The van der Waals surface area contributed by atoms with Crippen molar-refractivity contribution in [2.45, 2.75) is 25.2 Å². The maximum absolute atomic E-state index is 13.8. The summed E-state index contributed by atoms with van der Waals surface area (Å²) >= 11 is 0. The molecule has 1 aliphatic rings. The van der Waals surface area contributed by atoms with E-state index in [1.807, 2.05) is 73.7 Å². The van der Waals surface area contributed by atoms with Gasteiger partial charge in [0.15, 0.2) is 5.76 Å². The Balaban J connectivity index is 1.45. The average molecular weight is 506 g/mol. The lowest BCUT2D eigenvalue weighted by Gasteiger charge is -2.16. The van der Waals surface area contributed by atoms with Crippen LogP contribution in [0.2, 0.25) is 0 Å². The highest BCUT2D eigenvalue weighted by Crippen LogP contribution is 2.50. The molecule has 0 saturated heterocycles. The number of pyridine rings is 1. The van der Waals surface area contributed by atoms with Crippen LogP contribution in [0.25, 0.3) is 33.7 Å². The SMILES string of the molecule is Cc1noc(-c2cc(C3(C(=O)O)CC3)ccc2-c2ccccc2)c1Nc1cccc(-c2cccc(F)c2)n1. The van der Waals surface area contributed by atoms with Crippen LogP contribution < -0.4 is 5.32 Å². The van der Waals surface area contributed by atoms with Crippen molar-refractivity contribution in [3.8, 4) is 33.7 Å². The fraction of sp³-hybridized carbons (Fsp3) is 0.129. The highest BCUT2D eigenvalue weighted by atomic mass is 19.1. The summed E-state index contributed by atoms with van der Waals surface area (Å²) in [6, 6.07) is 27.4. The normalized spacial score (nSPS) is 13.7. The molecule has 0 spiro atoms. The maximum Gasteiger partial charge on any atom is 0.314 e. The molecule has 0 atom stereocenters. The van der Waals surface area contributed by atoms with Crippen LogP contribution >= 0.6 is 0 Å². The molecular formula is C31H24FN3O3. The van der Waals surface area contributed by atoms with Gasteiger partial charge in [-0.15, -0.1) is 0 Å². The number of halogens is 1. The molecule has 2 N–H and O–H groups in total. The van der Waals surface area contributed by atoms with E-state index in [0.29, 0.717) is 47.1 Å². The Morgan fingerprint density at radius 2 is 1.68 bits per heavy atom. The van der Waals surface area contributed by atoms with Crippen molar-refractivity contribution in [2.24, 2.45) is 0 Å². The molecule has 7 heteroatoms. The third kappa shape index (κ3) is 4.22. The Bertz CT molecular complexity index is 1660. The molecule has 0 amide bonds. The zero-order valence-corrected chi connectivity index (χ0v) is 20.6. The molecular weight excluding hydrogens is 481 g/mol. The van der Waals surface area contributed by atoms with Gasteiger partial charge in [0.2, 0.25) is 0 Å². The maximum atomic E-state index is 13.8. The van der Waals surface area contributed by atoms with Crippen LogP contribution in [0.15, 0.2) is 95.5 Å². The van der Waals surface area contributed by atoms with Crippen molar-refractivity contribution in [2.75, 3.05) is 5.32 Å². The molecule has 1 saturated carbocycles. The molecule has 3 aromatic carbocycles. The monoisotopic (exact) mass is 505 g/mol. The topological polar surface area (TPSA) is 88.2 Å². The van der Waals surface area contributed by atoms with E-state index in [9.17, 15) is 14.3 Å². The number of aromatic nitrogens is 2. The number of anilines is 2.